The SMILES string of the molecule is CC1CCC(CO)CN1Cc1ccc(F)cc1F. The first kappa shape index (κ1) is 13.4. The van der Waals surface area contributed by atoms with E-state index in [2.05, 4.69) is 11.8 Å². The lowest BCUT2D eigenvalue weighted by Gasteiger charge is -2.37. The highest BCUT2D eigenvalue weighted by atomic mass is 19.1. The summed E-state index contributed by atoms with van der Waals surface area (Å²) in [6.45, 7) is 3.53. The second-order valence-corrected chi connectivity index (χ2v) is 5.14. The third-order valence-electron chi connectivity index (χ3n) is 3.76. The number of aliphatic hydroxyl groups is 1. The molecule has 1 heterocycles. The minimum Gasteiger partial charge on any atom is -0.396 e. The summed E-state index contributed by atoms with van der Waals surface area (Å²) in [4.78, 5) is 2.15. The van der Waals surface area contributed by atoms with Crippen LogP contribution < -0.4 is 0 Å². The molecule has 0 spiro atoms. The van der Waals surface area contributed by atoms with Crippen LogP contribution in [-0.2, 0) is 6.54 Å². The van der Waals surface area contributed by atoms with E-state index in [0.29, 0.717) is 18.2 Å². The van der Waals surface area contributed by atoms with Gasteiger partial charge in [0.1, 0.15) is 11.6 Å². The Balaban J connectivity index is 2.07. The molecule has 2 unspecified atom stereocenters. The maximum Gasteiger partial charge on any atom is 0.130 e. The number of nitrogens with zero attached hydrogens (tertiary/aromatic N) is 1. The van der Waals surface area contributed by atoms with E-state index in [9.17, 15) is 13.9 Å². The number of hydrogen-bond acceptors (Lipinski definition) is 2. The topological polar surface area (TPSA) is 23.5 Å². The second-order valence-electron chi connectivity index (χ2n) is 5.14. The Morgan fingerprint density at radius 1 is 1.33 bits per heavy atom. The van der Waals surface area contributed by atoms with Crippen LogP contribution in [0.2, 0.25) is 0 Å². The van der Waals surface area contributed by atoms with Crippen molar-refractivity contribution < 1.29 is 13.9 Å². The Morgan fingerprint density at radius 3 is 2.78 bits per heavy atom. The van der Waals surface area contributed by atoms with Crippen molar-refractivity contribution in [1.82, 2.24) is 4.90 Å². The van der Waals surface area contributed by atoms with Gasteiger partial charge in [-0.2, -0.15) is 0 Å². The first-order valence-corrected chi connectivity index (χ1v) is 6.39. The molecule has 0 amide bonds. The third-order valence-corrected chi connectivity index (χ3v) is 3.76. The lowest BCUT2D eigenvalue weighted by Crippen LogP contribution is -2.42. The average molecular weight is 255 g/mol. The van der Waals surface area contributed by atoms with Gasteiger partial charge in [0.2, 0.25) is 0 Å². The van der Waals surface area contributed by atoms with Crippen molar-refractivity contribution in [3.8, 4) is 0 Å². The zero-order valence-electron chi connectivity index (χ0n) is 10.6. The summed E-state index contributed by atoms with van der Waals surface area (Å²) >= 11 is 0. The van der Waals surface area contributed by atoms with Crippen molar-refractivity contribution >= 4 is 0 Å². The largest absolute Gasteiger partial charge is 0.396 e. The fourth-order valence-electron chi connectivity index (χ4n) is 2.50. The summed E-state index contributed by atoms with van der Waals surface area (Å²) < 4.78 is 26.4. The van der Waals surface area contributed by atoms with Crippen molar-refractivity contribution in [2.45, 2.75) is 32.4 Å². The summed E-state index contributed by atoms with van der Waals surface area (Å²) in [6.07, 6.45) is 2.02. The fraction of sp³-hybridized carbons (Fsp3) is 0.571. The third kappa shape index (κ3) is 3.06. The Morgan fingerprint density at radius 2 is 2.11 bits per heavy atom. The van der Waals surface area contributed by atoms with E-state index in [1.165, 1.54) is 12.1 Å². The normalized spacial score (nSPS) is 25.3. The van der Waals surface area contributed by atoms with Gasteiger partial charge in [0.15, 0.2) is 0 Å². The highest BCUT2D eigenvalue weighted by Crippen LogP contribution is 2.24. The Hall–Kier alpha value is -1.00. The smallest absolute Gasteiger partial charge is 0.130 e. The molecule has 2 atom stereocenters. The maximum absolute atomic E-state index is 13.6. The van der Waals surface area contributed by atoms with Crippen molar-refractivity contribution in [2.24, 2.45) is 5.92 Å². The highest BCUT2D eigenvalue weighted by molar-refractivity contribution is 5.18. The minimum atomic E-state index is -0.545. The average Bonchev–Trinajstić information content (AvgIpc) is 2.35. The lowest BCUT2D eigenvalue weighted by atomic mass is 9.93. The number of likely N-dealkylation sites (tertiary alicyclic amines) is 1. The van der Waals surface area contributed by atoms with Gasteiger partial charge in [0, 0.05) is 37.4 Å². The molecular formula is C14H19F2NO. The van der Waals surface area contributed by atoms with Crippen LogP contribution in [0.4, 0.5) is 8.78 Å². The van der Waals surface area contributed by atoms with Gasteiger partial charge >= 0.3 is 0 Å². The van der Waals surface area contributed by atoms with Gasteiger partial charge in [-0.25, -0.2) is 8.78 Å². The number of halogens is 2. The van der Waals surface area contributed by atoms with Crippen molar-refractivity contribution in [3.63, 3.8) is 0 Å². The molecule has 100 valence electrons. The summed E-state index contributed by atoms with van der Waals surface area (Å²) in [5, 5.41) is 9.20. The number of rotatable bonds is 3. The highest BCUT2D eigenvalue weighted by Gasteiger charge is 2.25. The quantitative estimate of drug-likeness (QED) is 0.897. The van der Waals surface area contributed by atoms with Gasteiger partial charge in [0.05, 0.1) is 0 Å². The Labute approximate surface area is 106 Å². The molecular weight excluding hydrogens is 236 g/mol. The fourth-order valence-corrected chi connectivity index (χ4v) is 2.50. The minimum absolute atomic E-state index is 0.176. The van der Waals surface area contributed by atoms with E-state index in [1.54, 1.807) is 0 Å². The molecule has 0 bridgehead atoms. The van der Waals surface area contributed by atoms with Gasteiger partial charge < -0.3 is 5.11 Å². The van der Waals surface area contributed by atoms with Gasteiger partial charge in [-0.15, -0.1) is 0 Å². The molecule has 1 aromatic carbocycles. The zero-order valence-corrected chi connectivity index (χ0v) is 10.6. The van der Waals surface area contributed by atoms with E-state index in [1.807, 2.05) is 0 Å². The Kier molecular flexibility index (Phi) is 4.30. The second kappa shape index (κ2) is 5.76. The molecule has 4 heteroatoms. The van der Waals surface area contributed by atoms with E-state index < -0.39 is 11.6 Å². The number of hydrogen-bond donors (Lipinski definition) is 1. The van der Waals surface area contributed by atoms with Crippen LogP contribution in [0.1, 0.15) is 25.3 Å². The molecule has 1 aliphatic rings. The summed E-state index contributed by atoms with van der Waals surface area (Å²) in [6, 6.07) is 4.08. The van der Waals surface area contributed by atoms with Crippen LogP contribution in [0.25, 0.3) is 0 Å². The molecule has 1 fully saturated rings. The van der Waals surface area contributed by atoms with Gasteiger partial charge in [-0.3, -0.25) is 4.90 Å². The predicted octanol–water partition coefficient (Wildman–Crippen LogP) is 2.56. The van der Waals surface area contributed by atoms with Crippen molar-refractivity contribution in [1.29, 1.82) is 0 Å². The molecule has 0 saturated carbocycles. The summed E-state index contributed by atoms with van der Waals surface area (Å²) in [5.41, 5.74) is 0.516. The molecule has 1 aromatic rings. The number of aliphatic hydroxyl groups excluding tert-OH is 1. The van der Waals surface area contributed by atoms with E-state index in [0.717, 1.165) is 25.5 Å². The molecule has 18 heavy (non-hydrogen) atoms. The summed E-state index contributed by atoms with van der Waals surface area (Å²) in [7, 11) is 0. The lowest BCUT2D eigenvalue weighted by molar-refractivity contribution is 0.0763. The van der Waals surface area contributed by atoms with Crippen LogP contribution in [0, 0.1) is 17.6 Å². The standard InChI is InChI=1S/C14H19F2NO/c1-10-2-3-11(9-18)7-17(10)8-12-4-5-13(15)6-14(12)16/h4-6,10-11,18H,2-3,7-9H2,1H3. The van der Waals surface area contributed by atoms with E-state index in [-0.39, 0.29) is 12.5 Å². The van der Waals surface area contributed by atoms with Gasteiger partial charge in [-0.1, -0.05) is 6.07 Å². The summed E-state index contributed by atoms with van der Waals surface area (Å²) in [5.74, 6) is -0.769. The zero-order chi connectivity index (χ0) is 13.1. The van der Waals surface area contributed by atoms with Crippen LogP contribution in [0.3, 0.4) is 0 Å². The van der Waals surface area contributed by atoms with Gasteiger partial charge in [-0.05, 0) is 31.7 Å². The number of benzene rings is 1. The molecule has 1 aliphatic heterocycles. The first-order valence-electron chi connectivity index (χ1n) is 6.39. The molecule has 2 rings (SSSR count). The first-order chi connectivity index (χ1) is 8.60. The molecule has 2 nitrogen and oxygen atoms in total. The predicted molar refractivity (Wildman–Crippen MR) is 66.0 cm³/mol. The Bertz CT molecular complexity index is 411. The molecule has 0 radical (unpaired) electrons. The molecule has 1 N–H and O–H groups in total. The van der Waals surface area contributed by atoms with Crippen LogP contribution in [-0.4, -0.2) is 29.2 Å². The molecule has 0 aromatic heterocycles. The van der Waals surface area contributed by atoms with Crippen molar-refractivity contribution in [3.05, 3.63) is 35.4 Å². The molecule has 1 saturated heterocycles. The van der Waals surface area contributed by atoms with Crippen molar-refractivity contribution in [2.75, 3.05) is 13.2 Å². The van der Waals surface area contributed by atoms with Crippen LogP contribution >= 0.6 is 0 Å². The van der Waals surface area contributed by atoms with Crippen LogP contribution in [0.5, 0.6) is 0 Å². The monoisotopic (exact) mass is 255 g/mol. The van der Waals surface area contributed by atoms with E-state index >= 15 is 0 Å². The number of piperidine rings is 1. The van der Waals surface area contributed by atoms with E-state index in [4.69, 9.17) is 0 Å². The van der Waals surface area contributed by atoms with Crippen LogP contribution in [0.15, 0.2) is 18.2 Å². The van der Waals surface area contributed by atoms with Gasteiger partial charge in [0.25, 0.3) is 0 Å². The maximum atomic E-state index is 13.6. The molecule has 0 aliphatic carbocycles.